The summed E-state index contributed by atoms with van der Waals surface area (Å²) in [5.74, 6) is 0.462. The number of nitrogens with one attached hydrogen (secondary N) is 1. The van der Waals surface area contributed by atoms with Crippen LogP contribution in [0.25, 0.3) is 0 Å². The van der Waals surface area contributed by atoms with Gasteiger partial charge in [0.05, 0.1) is 6.54 Å². The zero-order valence-electron chi connectivity index (χ0n) is 8.74. The second kappa shape index (κ2) is 5.26. The molecule has 1 amide bonds. The van der Waals surface area contributed by atoms with Gasteiger partial charge in [-0.1, -0.05) is 19.3 Å². The van der Waals surface area contributed by atoms with Gasteiger partial charge in [-0.15, -0.1) is 11.3 Å². The van der Waals surface area contributed by atoms with Gasteiger partial charge in [0.15, 0.2) is 0 Å². The molecule has 3 nitrogen and oxygen atoms in total. The van der Waals surface area contributed by atoms with Crippen molar-refractivity contribution in [3.8, 4) is 0 Å². The van der Waals surface area contributed by atoms with Crippen LogP contribution in [0.5, 0.6) is 0 Å². The summed E-state index contributed by atoms with van der Waals surface area (Å²) < 4.78 is 0. The first-order chi connectivity index (χ1) is 7.36. The van der Waals surface area contributed by atoms with Crippen LogP contribution in [0.3, 0.4) is 0 Å². The molecule has 0 atom stereocenters. The molecule has 1 aliphatic carbocycles. The molecule has 1 aromatic heterocycles. The molecule has 0 unspecified atom stereocenters. The average molecular weight is 224 g/mol. The van der Waals surface area contributed by atoms with Crippen LogP contribution in [-0.2, 0) is 11.3 Å². The first kappa shape index (κ1) is 10.6. The number of nitrogens with zero attached hydrogens (tertiary/aromatic N) is 1. The van der Waals surface area contributed by atoms with E-state index in [9.17, 15) is 4.79 Å². The summed E-state index contributed by atoms with van der Waals surface area (Å²) in [6.07, 6.45) is 7.58. The predicted octanol–water partition coefficient (Wildman–Crippen LogP) is 2.34. The van der Waals surface area contributed by atoms with E-state index in [0.717, 1.165) is 17.8 Å². The molecule has 15 heavy (non-hydrogen) atoms. The third kappa shape index (κ3) is 3.02. The monoisotopic (exact) mass is 224 g/mol. The summed E-state index contributed by atoms with van der Waals surface area (Å²) in [7, 11) is 0. The maximum absolute atomic E-state index is 11.8. The Balaban J connectivity index is 1.76. The van der Waals surface area contributed by atoms with Gasteiger partial charge in [0.1, 0.15) is 5.01 Å². The highest BCUT2D eigenvalue weighted by Gasteiger charge is 2.20. The van der Waals surface area contributed by atoms with Crippen molar-refractivity contribution in [1.82, 2.24) is 10.3 Å². The topological polar surface area (TPSA) is 42.0 Å². The highest BCUT2D eigenvalue weighted by atomic mass is 32.1. The lowest BCUT2D eigenvalue weighted by atomic mass is 9.89. The molecule has 1 saturated carbocycles. The summed E-state index contributed by atoms with van der Waals surface area (Å²) in [4.78, 5) is 15.9. The molecule has 0 saturated heterocycles. The fourth-order valence-electron chi connectivity index (χ4n) is 2.01. The first-order valence-corrected chi connectivity index (χ1v) is 6.40. The van der Waals surface area contributed by atoms with Gasteiger partial charge < -0.3 is 5.32 Å². The Bertz CT molecular complexity index is 304. The van der Waals surface area contributed by atoms with Crippen LogP contribution < -0.4 is 5.32 Å². The van der Waals surface area contributed by atoms with E-state index in [1.165, 1.54) is 19.3 Å². The van der Waals surface area contributed by atoms with E-state index < -0.39 is 0 Å². The summed E-state index contributed by atoms with van der Waals surface area (Å²) in [6, 6.07) is 0. The average Bonchev–Trinajstić information content (AvgIpc) is 2.80. The molecule has 0 aliphatic heterocycles. The number of aromatic nitrogens is 1. The maximum Gasteiger partial charge on any atom is 0.223 e. The highest BCUT2D eigenvalue weighted by molar-refractivity contribution is 7.09. The first-order valence-electron chi connectivity index (χ1n) is 5.52. The summed E-state index contributed by atoms with van der Waals surface area (Å²) in [6.45, 7) is 0.590. The zero-order chi connectivity index (χ0) is 10.5. The van der Waals surface area contributed by atoms with E-state index in [-0.39, 0.29) is 11.8 Å². The van der Waals surface area contributed by atoms with Crippen LogP contribution in [-0.4, -0.2) is 10.9 Å². The van der Waals surface area contributed by atoms with Crippen molar-refractivity contribution in [3.05, 3.63) is 16.6 Å². The van der Waals surface area contributed by atoms with Crippen molar-refractivity contribution in [1.29, 1.82) is 0 Å². The number of hydrogen-bond acceptors (Lipinski definition) is 3. The van der Waals surface area contributed by atoms with Crippen LogP contribution >= 0.6 is 11.3 Å². The van der Waals surface area contributed by atoms with Crippen LogP contribution in [0.4, 0.5) is 0 Å². The SMILES string of the molecule is O=C(NCc1nccs1)C1CCCCC1. The van der Waals surface area contributed by atoms with Crippen molar-refractivity contribution < 1.29 is 4.79 Å². The lowest BCUT2D eigenvalue weighted by Gasteiger charge is -2.20. The number of hydrogen-bond donors (Lipinski definition) is 1. The number of carbonyl (C=O) groups excluding carboxylic acids is 1. The van der Waals surface area contributed by atoms with Gasteiger partial charge in [0, 0.05) is 17.5 Å². The summed E-state index contributed by atoms with van der Waals surface area (Å²) >= 11 is 1.59. The molecule has 1 heterocycles. The van der Waals surface area contributed by atoms with Crippen LogP contribution in [0.2, 0.25) is 0 Å². The number of carbonyl (C=O) groups is 1. The van der Waals surface area contributed by atoms with E-state index in [2.05, 4.69) is 10.3 Å². The van der Waals surface area contributed by atoms with Crippen LogP contribution in [0.1, 0.15) is 37.1 Å². The molecule has 0 spiro atoms. The third-order valence-electron chi connectivity index (χ3n) is 2.87. The molecule has 0 aromatic carbocycles. The molecule has 1 fully saturated rings. The molecule has 2 rings (SSSR count). The number of amides is 1. The van der Waals surface area contributed by atoms with Gasteiger partial charge in [-0.25, -0.2) is 4.98 Å². The molecule has 1 aliphatic rings. The zero-order valence-corrected chi connectivity index (χ0v) is 9.55. The van der Waals surface area contributed by atoms with Crippen molar-refractivity contribution in [2.75, 3.05) is 0 Å². The predicted molar refractivity (Wildman–Crippen MR) is 60.5 cm³/mol. The molecule has 4 heteroatoms. The molecular formula is C11H16N2OS. The molecule has 1 aromatic rings. The van der Waals surface area contributed by atoms with Crippen molar-refractivity contribution in [3.63, 3.8) is 0 Å². The Labute approximate surface area is 93.9 Å². The fraction of sp³-hybridized carbons (Fsp3) is 0.636. The fourth-order valence-corrected chi connectivity index (χ4v) is 2.57. The van der Waals surface area contributed by atoms with E-state index in [4.69, 9.17) is 0 Å². The Kier molecular flexibility index (Phi) is 3.72. The Hall–Kier alpha value is -0.900. The van der Waals surface area contributed by atoms with Gasteiger partial charge in [0.25, 0.3) is 0 Å². The van der Waals surface area contributed by atoms with E-state index >= 15 is 0 Å². The number of thiazole rings is 1. The standard InChI is InChI=1S/C11H16N2OS/c14-11(9-4-2-1-3-5-9)13-8-10-12-6-7-15-10/h6-7,9H,1-5,8H2,(H,13,14). The largest absolute Gasteiger partial charge is 0.349 e. The van der Waals surface area contributed by atoms with Gasteiger partial charge in [-0.2, -0.15) is 0 Å². The lowest BCUT2D eigenvalue weighted by Crippen LogP contribution is -2.31. The van der Waals surface area contributed by atoms with Crippen molar-refractivity contribution in [2.45, 2.75) is 38.6 Å². The summed E-state index contributed by atoms with van der Waals surface area (Å²) in [5, 5.41) is 5.88. The normalized spacial score (nSPS) is 17.6. The van der Waals surface area contributed by atoms with E-state index in [1.54, 1.807) is 17.5 Å². The van der Waals surface area contributed by atoms with Gasteiger partial charge >= 0.3 is 0 Å². The van der Waals surface area contributed by atoms with Crippen molar-refractivity contribution >= 4 is 17.2 Å². The quantitative estimate of drug-likeness (QED) is 0.856. The highest BCUT2D eigenvalue weighted by Crippen LogP contribution is 2.23. The molecule has 0 radical (unpaired) electrons. The minimum Gasteiger partial charge on any atom is -0.349 e. The van der Waals surface area contributed by atoms with Gasteiger partial charge in [0.2, 0.25) is 5.91 Å². The van der Waals surface area contributed by atoms with Crippen LogP contribution in [0.15, 0.2) is 11.6 Å². The smallest absolute Gasteiger partial charge is 0.223 e. The molecule has 82 valence electrons. The number of rotatable bonds is 3. The lowest BCUT2D eigenvalue weighted by molar-refractivity contribution is -0.126. The summed E-state index contributed by atoms with van der Waals surface area (Å²) in [5.41, 5.74) is 0. The van der Waals surface area contributed by atoms with Crippen LogP contribution in [0, 0.1) is 5.92 Å². The molecule has 1 N–H and O–H groups in total. The van der Waals surface area contributed by atoms with E-state index in [1.807, 2.05) is 5.38 Å². The second-order valence-corrected chi connectivity index (χ2v) is 4.96. The maximum atomic E-state index is 11.8. The van der Waals surface area contributed by atoms with E-state index in [0.29, 0.717) is 6.54 Å². The Morgan fingerprint density at radius 3 is 2.93 bits per heavy atom. The Morgan fingerprint density at radius 1 is 1.47 bits per heavy atom. The minimum atomic E-state index is 0.213. The molecule has 0 bridgehead atoms. The van der Waals surface area contributed by atoms with Gasteiger partial charge in [-0.05, 0) is 12.8 Å². The second-order valence-electron chi connectivity index (χ2n) is 3.98. The molecular weight excluding hydrogens is 208 g/mol. The third-order valence-corrected chi connectivity index (χ3v) is 3.65. The Morgan fingerprint density at radius 2 is 2.27 bits per heavy atom. The van der Waals surface area contributed by atoms with Gasteiger partial charge in [-0.3, -0.25) is 4.79 Å². The minimum absolute atomic E-state index is 0.213. The van der Waals surface area contributed by atoms with Crippen molar-refractivity contribution in [2.24, 2.45) is 5.92 Å².